The Bertz CT molecular complexity index is 777. The number of anilines is 1. The van der Waals surface area contributed by atoms with E-state index in [-0.39, 0.29) is 0 Å². The van der Waals surface area contributed by atoms with Crippen molar-refractivity contribution in [3.8, 4) is 23.0 Å². The van der Waals surface area contributed by atoms with Crippen molar-refractivity contribution in [2.75, 3.05) is 40.4 Å². The van der Waals surface area contributed by atoms with E-state index in [4.69, 9.17) is 23.7 Å². The summed E-state index contributed by atoms with van der Waals surface area (Å²) >= 11 is 0. The van der Waals surface area contributed by atoms with E-state index in [9.17, 15) is 9.59 Å². The highest BCUT2D eigenvalue weighted by Gasteiger charge is 2.15. The van der Waals surface area contributed by atoms with Crippen molar-refractivity contribution in [1.29, 1.82) is 0 Å². The number of hydrogen-bond acceptors (Lipinski definition) is 7. The van der Waals surface area contributed by atoms with E-state index in [1.165, 1.54) is 28.4 Å². The first-order chi connectivity index (χ1) is 13.0. The molecule has 0 aliphatic rings. The molecular weight excluding hydrogens is 354 g/mol. The predicted octanol–water partition coefficient (Wildman–Crippen LogP) is 2.52. The lowest BCUT2D eigenvalue weighted by Gasteiger charge is -2.14. The number of carbonyl (C=O) groups excluding carboxylic acids is 2. The molecule has 0 atom stereocenters. The molecule has 0 radical (unpaired) electrons. The van der Waals surface area contributed by atoms with Crippen LogP contribution in [0.3, 0.4) is 0 Å². The Kier molecular flexibility index (Phi) is 6.87. The van der Waals surface area contributed by atoms with Gasteiger partial charge in [-0.05, 0) is 24.3 Å². The largest absolute Gasteiger partial charge is 0.497 e. The van der Waals surface area contributed by atoms with Crippen LogP contribution < -0.4 is 24.3 Å². The summed E-state index contributed by atoms with van der Waals surface area (Å²) in [7, 11) is 5.96. The van der Waals surface area contributed by atoms with E-state index < -0.39 is 18.5 Å². The van der Waals surface area contributed by atoms with Crippen LogP contribution in [0.25, 0.3) is 0 Å². The highest BCUT2D eigenvalue weighted by molar-refractivity contribution is 5.96. The van der Waals surface area contributed by atoms with Gasteiger partial charge in [0.2, 0.25) is 5.75 Å². The molecule has 2 aromatic carbocycles. The molecule has 8 heteroatoms. The maximum absolute atomic E-state index is 12.1. The lowest BCUT2D eigenvalue weighted by atomic mass is 10.2. The zero-order valence-electron chi connectivity index (χ0n) is 15.5. The van der Waals surface area contributed by atoms with Crippen LogP contribution in [0.2, 0.25) is 0 Å². The van der Waals surface area contributed by atoms with Crippen molar-refractivity contribution in [3.05, 3.63) is 42.0 Å². The number of rotatable bonds is 8. The minimum absolute atomic E-state index is 0.316. The molecule has 144 valence electrons. The topological polar surface area (TPSA) is 92.3 Å². The smallest absolute Gasteiger partial charge is 0.338 e. The van der Waals surface area contributed by atoms with E-state index in [0.29, 0.717) is 34.2 Å². The fourth-order valence-electron chi connectivity index (χ4n) is 2.29. The lowest BCUT2D eigenvalue weighted by molar-refractivity contribution is -0.119. The zero-order chi connectivity index (χ0) is 19.8. The van der Waals surface area contributed by atoms with Crippen molar-refractivity contribution in [2.24, 2.45) is 0 Å². The molecule has 0 unspecified atom stereocenters. The third kappa shape index (κ3) is 5.04. The quantitative estimate of drug-likeness (QED) is 0.709. The summed E-state index contributed by atoms with van der Waals surface area (Å²) in [6.45, 7) is -0.443. The molecule has 0 aliphatic carbocycles. The Labute approximate surface area is 156 Å². The number of ether oxygens (including phenoxy) is 5. The number of methoxy groups -OCH3 is 4. The molecule has 0 spiro atoms. The van der Waals surface area contributed by atoms with Crippen LogP contribution >= 0.6 is 0 Å². The molecule has 0 fully saturated rings. The SMILES string of the molecule is COc1ccc(C(=O)OCC(=O)Nc2cc(OC)c(OC)c(OC)c2)cc1. The number of carbonyl (C=O) groups is 2. The molecule has 0 bridgehead atoms. The van der Waals surface area contributed by atoms with Crippen molar-refractivity contribution >= 4 is 17.6 Å². The van der Waals surface area contributed by atoms with Gasteiger partial charge in [0, 0.05) is 17.8 Å². The molecule has 1 amide bonds. The molecule has 0 saturated carbocycles. The maximum atomic E-state index is 12.1. The van der Waals surface area contributed by atoms with Gasteiger partial charge in [-0.15, -0.1) is 0 Å². The van der Waals surface area contributed by atoms with Gasteiger partial charge in [0.1, 0.15) is 5.75 Å². The number of benzene rings is 2. The Morgan fingerprint density at radius 3 is 1.93 bits per heavy atom. The average molecular weight is 375 g/mol. The van der Waals surface area contributed by atoms with Gasteiger partial charge in [-0.2, -0.15) is 0 Å². The van der Waals surface area contributed by atoms with Crippen molar-refractivity contribution in [3.63, 3.8) is 0 Å². The van der Waals surface area contributed by atoms with E-state index in [2.05, 4.69) is 5.32 Å². The number of esters is 1. The van der Waals surface area contributed by atoms with Crippen LogP contribution in [0.5, 0.6) is 23.0 Å². The molecule has 0 aromatic heterocycles. The average Bonchev–Trinajstić information content (AvgIpc) is 2.71. The normalized spacial score (nSPS) is 9.93. The van der Waals surface area contributed by atoms with Crippen molar-refractivity contribution in [2.45, 2.75) is 0 Å². The van der Waals surface area contributed by atoms with Gasteiger partial charge in [0.15, 0.2) is 18.1 Å². The second-order valence-corrected chi connectivity index (χ2v) is 5.27. The maximum Gasteiger partial charge on any atom is 0.338 e. The monoisotopic (exact) mass is 375 g/mol. The van der Waals surface area contributed by atoms with Crippen LogP contribution in [-0.2, 0) is 9.53 Å². The number of hydrogen-bond donors (Lipinski definition) is 1. The Hall–Kier alpha value is -3.42. The molecule has 2 rings (SSSR count). The van der Waals surface area contributed by atoms with Crippen molar-refractivity contribution in [1.82, 2.24) is 0 Å². The van der Waals surface area contributed by atoms with E-state index in [1.54, 1.807) is 36.4 Å². The van der Waals surface area contributed by atoms with E-state index >= 15 is 0 Å². The third-order valence-electron chi connectivity index (χ3n) is 3.61. The summed E-state index contributed by atoms with van der Waals surface area (Å²) < 4.78 is 25.7. The first-order valence-corrected chi connectivity index (χ1v) is 7.93. The van der Waals surface area contributed by atoms with Gasteiger partial charge < -0.3 is 29.0 Å². The Morgan fingerprint density at radius 1 is 0.852 bits per heavy atom. The van der Waals surface area contributed by atoms with Gasteiger partial charge in [0.25, 0.3) is 5.91 Å². The predicted molar refractivity (Wildman–Crippen MR) is 98.0 cm³/mol. The lowest BCUT2D eigenvalue weighted by Crippen LogP contribution is -2.21. The summed E-state index contributed by atoms with van der Waals surface area (Å²) in [4.78, 5) is 24.1. The highest BCUT2D eigenvalue weighted by atomic mass is 16.5. The highest BCUT2D eigenvalue weighted by Crippen LogP contribution is 2.39. The standard InChI is InChI=1S/C19H21NO7/c1-23-14-7-5-12(6-8-14)19(22)27-11-17(21)20-13-9-15(24-2)18(26-4)16(10-13)25-3/h5-10H,11H2,1-4H3,(H,20,21). The Balaban J connectivity index is 1.99. The minimum atomic E-state index is -0.613. The van der Waals surface area contributed by atoms with Crippen LogP contribution in [0, 0.1) is 0 Å². The van der Waals surface area contributed by atoms with Gasteiger partial charge in [-0.3, -0.25) is 4.79 Å². The van der Waals surface area contributed by atoms with E-state index in [0.717, 1.165) is 0 Å². The second kappa shape index (κ2) is 9.33. The van der Waals surface area contributed by atoms with Gasteiger partial charge in [0.05, 0.1) is 34.0 Å². The van der Waals surface area contributed by atoms with E-state index in [1.807, 2.05) is 0 Å². The molecule has 8 nitrogen and oxygen atoms in total. The zero-order valence-corrected chi connectivity index (χ0v) is 15.5. The fourth-order valence-corrected chi connectivity index (χ4v) is 2.29. The second-order valence-electron chi connectivity index (χ2n) is 5.27. The summed E-state index contributed by atoms with van der Waals surface area (Å²) in [5, 5.41) is 2.62. The van der Waals surface area contributed by atoms with Crippen LogP contribution in [-0.4, -0.2) is 46.9 Å². The molecular formula is C19H21NO7. The molecule has 1 N–H and O–H groups in total. The first-order valence-electron chi connectivity index (χ1n) is 7.93. The summed E-state index contributed by atoms with van der Waals surface area (Å²) in [6.07, 6.45) is 0. The summed E-state index contributed by atoms with van der Waals surface area (Å²) in [5.74, 6) is 0.684. The van der Waals surface area contributed by atoms with Gasteiger partial charge >= 0.3 is 5.97 Å². The van der Waals surface area contributed by atoms with Crippen LogP contribution in [0.1, 0.15) is 10.4 Å². The molecule has 0 aliphatic heterocycles. The summed E-state index contributed by atoms with van der Waals surface area (Å²) in [6, 6.07) is 9.52. The van der Waals surface area contributed by atoms with Crippen LogP contribution in [0.4, 0.5) is 5.69 Å². The first kappa shape index (κ1) is 19.9. The van der Waals surface area contributed by atoms with Crippen LogP contribution in [0.15, 0.2) is 36.4 Å². The number of nitrogens with one attached hydrogen (secondary N) is 1. The van der Waals surface area contributed by atoms with Gasteiger partial charge in [-0.25, -0.2) is 4.79 Å². The fraction of sp³-hybridized carbons (Fsp3) is 0.263. The van der Waals surface area contributed by atoms with Crippen molar-refractivity contribution < 1.29 is 33.3 Å². The number of amides is 1. The minimum Gasteiger partial charge on any atom is -0.497 e. The summed E-state index contributed by atoms with van der Waals surface area (Å²) in [5.41, 5.74) is 0.728. The third-order valence-corrected chi connectivity index (χ3v) is 3.61. The molecule has 0 saturated heterocycles. The van der Waals surface area contributed by atoms with Gasteiger partial charge in [-0.1, -0.05) is 0 Å². The molecule has 0 heterocycles. The molecule has 27 heavy (non-hydrogen) atoms. The Morgan fingerprint density at radius 2 is 1.44 bits per heavy atom. The molecule has 2 aromatic rings.